The van der Waals surface area contributed by atoms with E-state index in [1.54, 1.807) is 19.1 Å². The van der Waals surface area contributed by atoms with Gasteiger partial charge in [-0.3, -0.25) is 9.69 Å². The van der Waals surface area contributed by atoms with Crippen molar-refractivity contribution in [2.24, 2.45) is 5.73 Å². The molecular weight excluding hydrogens is 325 g/mol. The zero-order valence-electron chi connectivity index (χ0n) is 11.5. The molecule has 0 bridgehead atoms. The van der Waals surface area contributed by atoms with E-state index in [0.717, 1.165) is 19.5 Å². The normalized spacial score (nSPS) is 20.1. The van der Waals surface area contributed by atoms with Gasteiger partial charge in [0.2, 0.25) is 5.91 Å². The first-order valence-corrected chi connectivity index (χ1v) is 7.46. The summed E-state index contributed by atoms with van der Waals surface area (Å²) in [5, 5.41) is 3.27. The van der Waals surface area contributed by atoms with Crippen molar-refractivity contribution in [3.63, 3.8) is 0 Å². The monoisotopic (exact) mass is 343 g/mol. The summed E-state index contributed by atoms with van der Waals surface area (Å²) < 4.78 is 14.9. The van der Waals surface area contributed by atoms with Crippen molar-refractivity contribution in [1.82, 2.24) is 10.2 Å². The standard InChI is InChI=1S/C14H19BrFN3O/c1-14(13(17)20,19-7-2-5-18-6-8-19)11-4-3-10(15)9-12(11)16/h3-4,9,18H,2,5-8H2,1H3,(H2,17,20). The molecule has 1 atom stereocenters. The Morgan fingerprint density at radius 3 is 2.85 bits per heavy atom. The molecule has 6 heteroatoms. The zero-order valence-corrected chi connectivity index (χ0v) is 13.0. The van der Waals surface area contributed by atoms with E-state index in [1.807, 2.05) is 4.90 Å². The summed E-state index contributed by atoms with van der Waals surface area (Å²) in [6.07, 6.45) is 0.904. The van der Waals surface area contributed by atoms with Crippen LogP contribution in [0.5, 0.6) is 0 Å². The van der Waals surface area contributed by atoms with E-state index < -0.39 is 17.3 Å². The van der Waals surface area contributed by atoms with Gasteiger partial charge in [-0.05, 0) is 32.0 Å². The lowest BCUT2D eigenvalue weighted by Crippen LogP contribution is -2.54. The first-order chi connectivity index (χ1) is 9.46. The zero-order chi connectivity index (χ0) is 14.8. The van der Waals surface area contributed by atoms with Crippen molar-refractivity contribution < 1.29 is 9.18 Å². The molecule has 110 valence electrons. The van der Waals surface area contributed by atoms with Gasteiger partial charge in [0.15, 0.2) is 0 Å². The Labute approximate surface area is 126 Å². The van der Waals surface area contributed by atoms with E-state index in [2.05, 4.69) is 21.2 Å². The number of nitrogens with one attached hydrogen (secondary N) is 1. The molecule has 0 aliphatic carbocycles. The number of hydrogen-bond donors (Lipinski definition) is 2. The van der Waals surface area contributed by atoms with E-state index in [9.17, 15) is 9.18 Å². The smallest absolute Gasteiger partial charge is 0.242 e. The van der Waals surface area contributed by atoms with Crippen LogP contribution in [0.15, 0.2) is 22.7 Å². The Bertz CT molecular complexity index is 503. The highest BCUT2D eigenvalue weighted by Crippen LogP contribution is 2.32. The molecule has 1 aliphatic heterocycles. The SMILES string of the molecule is CC(C(N)=O)(c1ccc(Br)cc1F)N1CCCNCC1. The molecule has 1 amide bonds. The number of rotatable bonds is 3. The summed E-state index contributed by atoms with van der Waals surface area (Å²) >= 11 is 3.23. The van der Waals surface area contributed by atoms with Gasteiger partial charge in [0.05, 0.1) is 0 Å². The molecule has 0 saturated carbocycles. The van der Waals surface area contributed by atoms with E-state index in [4.69, 9.17) is 5.73 Å². The Morgan fingerprint density at radius 2 is 2.20 bits per heavy atom. The maximum absolute atomic E-state index is 14.3. The fraction of sp³-hybridized carbons (Fsp3) is 0.500. The summed E-state index contributed by atoms with van der Waals surface area (Å²) in [6, 6.07) is 4.73. The van der Waals surface area contributed by atoms with Gasteiger partial charge in [0.25, 0.3) is 0 Å². The van der Waals surface area contributed by atoms with Crippen LogP contribution in [0.1, 0.15) is 18.9 Å². The van der Waals surface area contributed by atoms with Crippen molar-refractivity contribution in [2.75, 3.05) is 26.2 Å². The number of carbonyl (C=O) groups is 1. The van der Waals surface area contributed by atoms with Crippen LogP contribution in [0.4, 0.5) is 4.39 Å². The van der Waals surface area contributed by atoms with Gasteiger partial charge in [-0.25, -0.2) is 4.39 Å². The molecule has 20 heavy (non-hydrogen) atoms. The van der Waals surface area contributed by atoms with Crippen molar-refractivity contribution in [2.45, 2.75) is 18.9 Å². The Morgan fingerprint density at radius 1 is 1.45 bits per heavy atom. The molecule has 1 saturated heterocycles. The van der Waals surface area contributed by atoms with Crippen LogP contribution < -0.4 is 11.1 Å². The average molecular weight is 344 g/mol. The number of amides is 1. The third-order valence-electron chi connectivity index (χ3n) is 3.91. The van der Waals surface area contributed by atoms with Gasteiger partial charge in [-0.1, -0.05) is 22.0 Å². The van der Waals surface area contributed by atoms with Crippen LogP contribution in [0, 0.1) is 5.82 Å². The van der Waals surface area contributed by atoms with Gasteiger partial charge < -0.3 is 11.1 Å². The van der Waals surface area contributed by atoms with E-state index in [1.165, 1.54) is 6.07 Å². The highest BCUT2D eigenvalue weighted by atomic mass is 79.9. The highest BCUT2D eigenvalue weighted by molar-refractivity contribution is 9.10. The largest absolute Gasteiger partial charge is 0.368 e. The molecule has 3 N–H and O–H groups in total. The number of benzene rings is 1. The van der Waals surface area contributed by atoms with Crippen molar-refractivity contribution in [3.8, 4) is 0 Å². The first-order valence-electron chi connectivity index (χ1n) is 6.67. The molecule has 1 fully saturated rings. The molecule has 1 aliphatic rings. The molecule has 0 spiro atoms. The number of hydrogen-bond acceptors (Lipinski definition) is 3. The average Bonchev–Trinajstić information content (AvgIpc) is 2.66. The minimum absolute atomic E-state index is 0.329. The summed E-state index contributed by atoms with van der Waals surface area (Å²) in [7, 11) is 0. The topological polar surface area (TPSA) is 58.4 Å². The lowest BCUT2D eigenvalue weighted by Gasteiger charge is -2.38. The summed E-state index contributed by atoms with van der Waals surface area (Å²) in [5.41, 5.74) is 4.81. The van der Waals surface area contributed by atoms with Gasteiger partial charge >= 0.3 is 0 Å². The van der Waals surface area contributed by atoms with Crippen LogP contribution in [-0.4, -0.2) is 37.0 Å². The number of nitrogens with zero attached hydrogens (tertiary/aromatic N) is 1. The number of primary amides is 1. The second-order valence-electron chi connectivity index (χ2n) is 5.15. The summed E-state index contributed by atoms with van der Waals surface area (Å²) in [4.78, 5) is 14.0. The van der Waals surface area contributed by atoms with Crippen LogP contribution in [0.25, 0.3) is 0 Å². The quantitative estimate of drug-likeness (QED) is 0.876. The van der Waals surface area contributed by atoms with Gasteiger partial charge in [-0.15, -0.1) is 0 Å². The molecule has 1 aromatic rings. The molecule has 1 aromatic carbocycles. The van der Waals surface area contributed by atoms with E-state index >= 15 is 0 Å². The Hall–Kier alpha value is -0.980. The molecule has 1 heterocycles. The first kappa shape index (κ1) is 15.4. The lowest BCUT2D eigenvalue weighted by atomic mass is 9.88. The van der Waals surface area contributed by atoms with Gasteiger partial charge in [0, 0.05) is 29.7 Å². The number of nitrogens with two attached hydrogens (primary N) is 1. The molecule has 2 rings (SSSR count). The maximum Gasteiger partial charge on any atom is 0.242 e. The molecular formula is C14H19BrFN3O. The van der Waals surface area contributed by atoms with E-state index in [-0.39, 0.29) is 0 Å². The van der Waals surface area contributed by atoms with Crippen LogP contribution in [-0.2, 0) is 10.3 Å². The Balaban J connectivity index is 2.44. The van der Waals surface area contributed by atoms with Gasteiger partial charge in [0.1, 0.15) is 11.4 Å². The van der Waals surface area contributed by atoms with Crippen molar-refractivity contribution >= 4 is 21.8 Å². The summed E-state index contributed by atoms with van der Waals surface area (Å²) in [6.45, 7) is 4.74. The molecule has 0 aromatic heterocycles. The Kier molecular flexibility index (Phi) is 4.78. The maximum atomic E-state index is 14.3. The van der Waals surface area contributed by atoms with Crippen LogP contribution >= 0.6 is 15.9 Å². The lowest BCUT2D eigenvalue weighted by molar-refractivity contribution is -0.130. The molecule has 0 radical (unpaired) electrons. The van der Waals surface area contributed by atoms with Crippen LogP contribution in [0.2, 0.25) is 0 Å². The minimum Gasteiger partial charge on any atom is -0.368 e. The molecule has 4 nitrogen and oxygen atoms in total. The van der Waals surface area contributed by atoms with Crippen molar-refractivity contribution in [1.29, 1.82) is 0 Å². The minimum atomic E-state index is -1.13. The summed E-state index contributed by atoms with van der Waals surface area (Å²) in [5.74, 6) is -0.946. The molecule has 1 unspecified atom stereocenters. The second-order valence-corrected chi connectivity index (χ2v) is 6.07. The predicted octanol–water partition coefficient (Wildman–Crippen LogP) is 1.58. The number of halogens is 2. The predicted molar refractivity (Wildman–Crippen MR) is 79.7 cm³/mol. The second kappa shape index (κ2) is 6.20. The fourth-order valence-corrected chi connectivity index (χ4v) is 2.97. The fourth-order valence-electron chi connectivity index (χ4n) is 2.64. The van der Waals surface area contributed by atoms with E-state index in [0.29, 0.717) is 23.1 Å². The van der Waals surface area contributed by atoms with Crippen LogP contribution in [0.3, 0.4) is 0 Å². The van der Waals surface area contributed by atoms with Crippen molar-refractivity contribution in [3.05, 3.63) is 34.1 Å². The number of carbonyl (C=O) groups excluding carboxylic acids is 1. The highest BCUT2D eigenvalue weighted by Gasteiger charge is 2.41. The third-order valence-corrected chi connectivity index (χ3v) is 4.40. The van der Waals surface area contributed by atoms with Gasteiger partial charge in [-0.2, -0.15) is 0 Å². The third kappa shape index (κ3) is 2.87.